The maximum absolute atomic E-state index is 5.25. The molecule has 3 N–H and O–H groups in total. The Balaban J connectivity index is 2.34. The topological polar surface area (TPSA) is 38.0 Å². The molecule has 8 heavy (non-hydrogen) atoms. The van der Waals surface area contributed by atoms with Crippen LogP contribution in [0.15, 0.2) is 0 Å². The van der Waals surface area contributed by atoms with E-state index in [1.807, 2.05) is 0 Å². The summed E-state index contributed by atoms with van der Waals surface area (Å²) in [6.07, 6.45) is 2.66. The molecule has 0 bridgehead atoms. The summed E-state index contributed by atoms with van der Waals surface area (Å²) in [6, 6.07) is 0.488. The average Bonchev–Trinajstić information content (AvgIpc) is 2.47. The van der Waals surface area contributed by atoms with Gasteiger partial charge in [0.05, 0.1) is 0 Å². The molecule has 1 fully saturated rings. The molecule has 48 valence electrons. The summed E-state index contributed by atoms with van der Waals surface area (Å²) >= 11 is 0. The molecule has 0 amide bonds. The average molecular weight is 114 g/mol. The van der Waals surface area contributed by atoms with Crippen LogP contribution < -0.4 is 11.3 Å². The van der Waals surface area contributed by atoms with Crippen LogP contribution in [0, 0.1) is 5.41 Å². The first kappa shape index (κ1) is 6.05. The van der Waals surface area contributed by atoms with Gasteiger partial charge in [0, 0.05) is 6.04 Å². The Kier molecular flexibility index (Phi) is 1.29. The third-order valence-electron chi connectivity index (χ3n) is 2.33. The highest BCUT2D eigenvalue weighted by Gasteiger charge is 2.41. The van der Waals surface area contributed by atoms with Crippen LogP contribution in [0.1, 0.15) is 26.7 Å². The van der Waals surface area contributed by atoms with E-state index in [1.54, 1.807) is 0 Å². The summed E-state index contributed by atoms with van der Waals surface area (Å²) < 4.78 is 0. The van der Waals surface area contributed by atoms with Crippen LogP contribution in [0.4, 0.5) is 0 Å². The molecule has 0 heterocycles. The summed E-state index contributed by atoms with van der Waals surface area (Å²) in [6.45, 7) is 4.39. The molecule has 0 aromatic carbocycles. The van der Waals surface area contributed by atoms with Gasteiger partial charge in [0.1, 0.15) is 0 Å². The van der Waals surface area contributed by atoms with Gasteiger partial charge in [-0.3, -0.25) is 11.3 Å². The normalized spacial score (nSPS) is 27.4. The molecule has 1 rings (SSSR count). The standard InChI is InChI=1S/C6H14N2/c1-5(8-7)6(2)3-4-6/h5,8H,3-4,7H2,1-2H3/t5-/m0/s1. The molecule has 1 atom stereocenters. The predicted molar refractivity (Wildman–Crippen MR) is 34.1 cm³/mol. The van der Waals surface area contributed by atoms with Gasteiger partial charge in [-0.15, -0.1) is 0 Å². The van der Waals surface area contributed by atoms with Gasteiger partial charge in [0.15, 0.2) is 0 Å². The maximum Gasteiger partial charge on any atom is 0.0236 e. The Morgan fingerprint density at radius 3 is 2.25 bits per heavy atom. The monoisotopic (exact) mass is 114 g/mol. The summed E-state index contributed by atoms with van der Waals surface area (Å²) in [5.41, 5.74) is 3.29. The number of hydrogen-bond acceptors (Lipinski definition) is 2. The van der Waals surface area contributed by atoms with Crippen LogP contribution in [0.25, 0.3) is 0 Å². The van der Waals surface area contributed by atoms with Crippen molar-refractivity contribution >= 4 is 0 Å². The Bertz CT molecular complexity index is 86.5. The molecule has 1 saturated carbocycles. The predicted octanol–water partition coefficient (Wildman–Crippen LogP) is 0.638. The number of hydrogen-bond donors (Lipinski definition) is 2. The van der Waals surface area contributed by atoms with Gasteiger partial charge in [-0.05, 0) is 25.2 Å². The van der Waals surface area contributed by atoms with Crippen molar-refractivity contribution in [1.29, 1.82) is 0 Å². The second-order valence-electron chi connectivity index (χ2n) is 3.04. The van der Waals surface area contributed by atoms with Crippen LogP contribution in [-0.2, 0) is 0 Å². The van der Waals surface area contributed by atoms with E-state index in [4.69, 9.17) is 5.84 Å². The van der Waals surface area contributed by atoms with Crippen LogP contribution in [0.3, 0.4) is 0 Å². The summed E-state index contributed by atoms with van der Waals surface area (Å²) in [4.78, 5) is 0. The molecule has 1 aliphatic carbocycles. The van der Waals surface area contributed by atoms with Crippen molar-refractivity contribution in [2.75, 3.05) is 0 Å². The Morgan fingerprint density at radius 1 is 1.62 bits per heavy atom. The van der Waals surface area contributed by atoms with Gasteiger partial charge in [0.2, 0.25) is 0 Å². The van der Waals surface area contributed by atoms with E-state index in [-0.39, 0.29) is 0 Å². The second kappa shape index (κ2) is 1.71. The zero-order chi connectivity index (χ0) is 6.20. The second-order valence-corrected chi connectivity index (χ2v) is 3.04. The van der Waals surface area contributed by atoms with E-state index >= 15 is 0 Å². The van der Waals surface area contributed by atoms with Crippen molar-refractivity contribution in [3.8, 4) is 0 Å². The van der Waals surface area contributed by atoms with Gasteiger partial charge < -0.3 is 0 Å². The van der Waals surface area contributed by atoms with Crippen LogP contribution in [-0.4, -0.2) is 6.04 Å². The van der Waals surface area contributed by atoms with Gasteiger partial charge in [-0.25, -0.2) is 0 Å². The lowest BCUT2D eigenvalue weighted by atomic mass is 10.0. The zero-order valence-corrected chi connectivity index (χ0v) is 5.57. The molecule has 2 heteroatoms. The van der Waals surface area contributed by atoms with Crippen molar-refractivity contribution in [2.24, 2.45) is 11.3 Å². The fourth-order valence-electron chi connectivity index (χ4n) is 0.831. The SMILES string of the molecule is C[C@H](NN)C1(C)CC1. The van der Waals surface area contributed by atoms with Crippen molar-refractivity contribution < 1.29 is 0 Å². The minimum atomic E-state index is 0.488. The van der Waals surface area contributed by atoms with Gasteiger partial charge in [-0.1, -0.05) is 6.92 Å². The fourth-order valence-corrected chi connectivity index (χ4v) is 0.831. The number of hydrazine groups is 1. The van der Waals surface area contributed by atoms with Crippen LogP contribution in [0.2, 0.25) is 0 Å². The Hall–Kier alpha value is -0.0800. The Labute approximate surface area is 50.4 Å². The molecule has 0 aliphatic heterocycles. The molecule has 2 nitrogen and oxygen atoms in total. The molecule has 1 aliphatic rings. The van der Waals surface area contributed by atoms with Crippen LogP contribution in [0.5, 0.6) is 0 Å². The lowest BCUT2D eigenvalue weighted by Gasteiger charge is -2.16. The fraction of sp³-hybridized carbons (Fsp3) is 1.00. The molecule has 0 unspecified atom stereocenters. The minimum absolute atomic E-state index is 0.488. The van der Waals surface area contributed by atoms with E-state index in [0.717, 1.165) is 0 Å². The molecular formula is C6H14N2. The van der Waals surface area contributed by atoms with Gasteiger partial charge in [0.25, 0.3) is 0 Å². The number of nitrogens with one attached hydrogen (secondary N) is 1. The highest BCUT2D eigenvalue weighted by molar-refractivity contribution is 4.95. The first-order chi connectivity index (χ1) is 3.69. The molecule has 0 aromatic rings. The third-order valence-corrected chi connectivity index (χ3v) is 2.33. The first-order valence-corrected chi connectivity index (χ1v) is 3.15. The molecule has 0 radical (unpaired) electrons. The summed E-state index contributed by atoms with van der Waals surface area (Å²) in [7, 11) is 0. The molecule has 0 spiro atoms. The van der Waals surface area contributed by atoms with Crippen molar-refractivity contribution in [1.82, 2.24) is 5.43 Å². The smallest absolute Gasteiger partial charge is 0.0236 e. The highest BCUT2D eigenvalue weighted by Crippen LogP contribution is 2.47. The molecule has 0 aromatic heterocycles. The maximum atomic E-state index is 5.25. The zero-order valence-electron chi connectivity index (χ0n) is 5.57. The van der Waals surface area contributed by atoms with E-state index < -0.39 is 0 Å². The third kappa shape index (κ3) is 0.858. The molecule has 0 saturated heterocycles. The quantitative estimate of drug-likeness (QED) is 0.408. The lowest BCUT2D eigenvalue weighted by Crippen LogP contribution is -2.38. The van der Waals surface area contributed by atoms with Crippen molar-refractivity contribution in [3.63, 3.8) is 0 Å². The summed E-state index contributed by atoms with van der Waals surface area (Å²) in [5, 5.41) is 0. The van der Waals surface area contributed by atoms with Crippen molar-refractivity contribution in [3.05, 3.63) is 0 Å². The van der Waals surface area contributed by atoms with E-state index in [2.05, 4.69) is 19.3 Å². The van der Waals surface area contributed by atoms with Crippen molar-refractivity contribution in [2.45, 2.75) is 32.7 Å². The van der Waals surface area contributed by atoms with Gasteiger partial charge >= 0.3 is 0 Å². The summed E-state index contributed by atoms with van der Waals surface area (Å²) in [5.74, 6) is 5.25. The van der Waals surface area contributed by atoms with Crippen LogP contribution >= 0.6 is 0 Å². The molecular weight excluding hydrogens is 100 g/mol. The first-order valence-electron chi connectivity index (χ1n) is 3.15. The van der Waals surface area contributed by atoms with E-state index in [1.165, 1.54) is 12.8 Å². The minimum Gasteiger partial charge on any atom is -0.271 e. The largest absolute Gasteiger partial charge is 0.271 e. The van der Waals surface area contributed by atoms with E-state index in [0.29, 0.717) is 11.5 Å². The lowest BCUT2D eigenvalue weighted by molar-refractivity contribution is 0.388. The number of nitrogens with two attached hydrogens (primary N) is 1. The van der Waals surface area contributed by atoms with Gasteiger partial charge in [-0.2, -0.15) is 0 Å². The number of rotatable bonds is 2. The Morgan fingerprint density at radius 2 is 2.12 bits per heavy atom. The highest BCUT2D eigenvalue weighted by atomic mass is 15.2. The van der Waals surface area contributed by atoms with E-state index in [9.17, 15) is 0 Å².